The van der Waals surface area contributed by atoms with Crippen LogP contribution in [0.1, 0.15) is 48.0 Å². The van der Waals surface area contributed by atoms with Crippen LogP contribution in [-0.2, 0) is 26.1 Å². The van der Waals surface area contributed by atoms with Gasteiger partial charge in [0.05, 0.1) is 10.5 Å². The summed E-state index contributed by atoms with van der Waals surface area (Å²) in [5.41, 5.74) is 3.19. The van der Waals surface area contributed by atoms with E-state index in [4.69, 9.17) is 9.88 Å². The topological polar surface area (TPSA) is 128 Å². The smallest absolute Gasteiger partial charge is 0.340 e. The highest BCUT2D eigenvalue weighted by atomic mass is 32.2. The molecule has 2 aromatic rings. The molecule has 1 aliphatic rings. The third-order valence-electron chi connectivity index (χ3n) is 5.37. The Labute approximate surface area is 194 Å². The molecule has 0 bridgehead atoms. The van der Waals surface area contributed by atoms with E-state index in [1.165, 1.54) is 30.5 Å². The van der Waals surface area contributed by atoms with Gasteiger partial charge in [-0.15, -0.1) is 0 Å². The van der Waals surface area contributed by atoms with Crippen molar-refractivity contribution in [1.82, 2.24) is 5.32 Å². The number of allylic oxidation sites excluding steroid dienone is 1. The molecule has 0 saturated heterocycles. The molecule has 8 nitrogen and oxygen atoms in total. The second-order valence-corrected chi connectivity index (χ2v) is 9.43. The maximum Gasteiger partial charge on any atom is 0.340 e. The Morgan fingerprint density at radius 1 is 1.03 bits per heavy atom. The fraction of sp³-hybridized carbons (Fsp3) is 0.333. The van der Waals surface area contributed by atoms with Gasteiger partial charge in [0.15, 0.2) is 6.61 Å². The average Bonchev–Trinajstić information content (AvgIpc) is 2.82. The van der Waals surface area contributed by atoms with Crippen LogP contribution >= 0.6 is 0 Å². The fourth-order valence-corrected chi connectivity index (χ4v) is 4.08. The van der Waals surface area contributed by atoms with Gasteiger partial charge in [0.2, 0.25) is 10.0 Å². The third kappa shape index (κ3) is 7.73. The van der Waals surface area contributed by atoms with Crippen molar-refractivity contribution in [2.24, 2.45) is 5.14 Å². The summed E-state index contributed by atoms with van der Waals surface area (Å²) in [5.74, 6) is -1.05. The molecular formula is C24H29N3O5S. The predicted octanol–water partition coefficient (Wildman–Crippen LogP) is 3.11. The molecule has 176 valence electrons. The number of esters is 1. The van der Waals surface area contributed by atoms with Gasteiger partial charge in [-0.25, -0.2) is 18.4 Å². The van der Waals surface area contributed by atoms with Gasteiger partial charge in [-0.3, -0.25) is 4.79 Å². The quantitative estimate of drug-likeness (QED) is 0.361. The molecular weight excluding hydrogens is 442 g/mol. The number of primary sulfonamides is 1. The van der Waals surface area contributed by atoms with Gasteiger partial charge in [-0.2, -0.15) is 0 Å². The zero-order valence-electron chi connectivity index (χ0n) is 18.4. The molecule has 0 heterocycles. The van der Waals surface area contributed by atoms with E-state index < -0.39 is 28.5 Å². The Bertz CT molecular complexity index is 1110. The molecule has 1 amide bonds. The summed E-state index contributed by atoms with van der Waals surface area (Å²) >= 11 is 0. The molecule has 9 heteroatoms. The molecule has 0 unspecified atom stereocenters. The minimum absolute atomic E-state index is 0.00533. The second kappa shape index (κ2) is 11.6. The molecule has 0 atom stereocenters. The van der Waals surface area contributed by atoms with E-state index in [0.29, 0.717) is 16.8 Å². The van der Waals surface area contributed by atoms with E-state index in [1.807, 2.05) is 12.1 Å². The normalized spacial score (nSPS) is 13.7. The van der Waals surface area contributed by atoms with Gasteiger partial charge >= 0.3 is 5.97 Å². The van der Waals surface area contributed by atoms with Gasteiger partial charge in [-0.05, 0) is 61.9 Å². The lowest BCUT2D eigenvalue weighted by molar-refractivity contribution is -0.124. The summed E-state index contributed by atoms with van der Waals surface area (Å²) in [6.07, 6.45) is 8.00. The van der Waals surface area contributed by atoms with Crippen LogP contribution < -0.4 is 15.8 Å². The first-order valence-corrected chi connectivity index (χ1v) is 12.4. The van der Waals surface area contributed by atoms with Gasteiger partial charge < -0.3 is 15.4 Å². The number of benzene rings is 2. The van der Waals surface area contributed by atoms with Gasteiger partial charge in [0, 0.05) is 18.8 Å². The van der Waals surface area contributed by atoms with E-state index in [-0.39, 0.29) is 11.4 Å². The molecule has 33 heavy (non-hydrogen) atoms. The van der Waals surface area contributed by atoms with Crippen LogP contribution in [0.5, 0.6) is 0 Å². The molecule has 0 saturated carbocycles. The van der Waals surface area contributed by atoms with Crippen molar-refractivity contribution >= 4 is 27.6 Å². The number of nitrogens with two attached hydrogens (primary N) is 1. The summed E-state index contributed by atoms with van der Waals surface area (Å²) in [5, 5.41) is 11.0. The number of anilines is 1. The van der Waals surface area contributed by atoms with Crippen LogP contribution in [0.3, 0.4) is 0 Å². The lowest BCUT2D eigenvalue weighted by atomic mass is 9.97. The molecule has 0 radical (unpaired) electrons. The minimum atomic E-state index is -3.76. The van der Waals surface area contributed by atoms with Crippen LogP contribution in [0.25, 0.3) is 0 Å². The zero-order valence-corrected chi connectivity index (χ0v) is 19.2. The summed E-state index contributed by atoms with van der Waals surface area (Å²) in [6.45, 7) is 0.464. The number of sulfonamides is 1. The van der Waals surface area contributed by atoms with E-state index >= 15 is 0 Å². The maximum absolute atomic E-state index is 12.5. The standard InChI is InChI=1S/C24H29N3O5S/c25-33(30,31)20-12-10-19(11-13-20)16-27-23(28)17-32-24(29)21-8-4-5-9-22(21)26-15-14-18-6-2-1-3-7-18/h4-6,8-13,26H,1-3,7,14-17H2,(H,27,28)(H2,25,30,31). The number of hydrogen-bond acceptors (Lipinski definition) is 6. The van der Waals surface area contributed by atoms with E-state index in [9.17, 15) is 18.0 Å². The highest BCUT2D eigenvalue weighted by Gasteiger charge is 2.15. The average molecular weight is 472 g/mol. The Hall–Kier alpha value is -3.17. The Kier molecular flexibility index (Phi) is 8.62. The lowest BCUT2D eigenvalue weighted by Crippen LogP contribution is -2.28. The number of hydrogen-bond donors (Lipinski definition) is 3. The van der Waals surface area contributed by atoms with Crippen LogP contribution in [0, 0.1) is 0 Å². The number of carbonyl (C=O) groups excluding carboxylic acids is 2. The second-order valence-electron chi connectivity index (χ2n) is 7.87. The molecule has 0 aliphatic heterocycles. The number of rotatable bonds is 10. The Balaban J connectivity index is 1.46. The third-order valence-corrected chi connectivity index (χ3v) is 6.30. The predicted molar refractivity (Wildman–Crippen MR) is 126 cm³/mol. The first kappa shape index (κ1) is 24.5. The molecule has 1 aliphatic carbocycles. The number of carbonyl (C=O) groups is 2. The molecule has 3 rings (SSSR count). The highest BCUT2D eigenvalue weighted by molar-refractivity contribution is 7.89. The van der Waals surface area contributed by atoms with Crippen molar-refractivity contribution in [1.29, 1.82) is 0 Å². The number of amides is 1. The van der Waals surface area contributed by atoms with Crippen molar-refractivity contribution in [3.8, 4) is 0 Å². The number of ether oxygens (including phenoxy) is 1. The minimum Gasteiger partial charge on any atom is -0.452 e. The molecule has 0 fully saturated rings. The molecule has 2 aromatic carbocycles. The molecule has 4 N–H and O–H groups in total. The maximum atomic E-state index is 12.5. The van der Waals surface area contributed by atoms with Crippen LogP contribution in [0.4, 0.5) is 5.69 Å². The number of para-hydroxylation sites is 1. The zero-order chi connectivity index (χ0) is 23.7. The van der Waals surface area contributed by atoms with Crippen molar-refractivity contribution in [2.45, 2.75) is 43.5 Å². The first-order valence-electron chi connectivity index (χ1n) is 10.9. The summed E-state index contributed by atoms with van der Waals surface area (Å²) < 4.78 is 27.7. The van der Waals surface area contributed by atoms with E-state index in [2.05, 4.69) is 16.7 Å². The van der Waals surface area contributed by atoms with Gasteiger partial charge in [-0.1, -0.05) is 35.9 Å². The van der Waals surface area contributed by atoms with Crippen LogP contribution in [-0.4, -0.2) is 33.4 Å². The van der Waals surface area contributed by atoms with Crippen molar-refractivity contribution in [3.63, 3.8) is 0 Å². The largest absolute Gasteiger partial charge is 0.452 e. The fourth-order valence-electron chi connectivity index (χ4n) is 3.56. The van der Waals surface area contributed by atoms with E-state index in [1.54, 1.807) is 24.3 Å². The van der Waals surface area contributed by atoms with Crippen molar-refractivity contribution in [2.75, 3.05) is 18.5 Å². The van der Waals surface area contributed by atoms with Crippen LogP contribution in [0.2, 0.25) is 0 Å². The van der Waals surface area contributed by atoms with Gasteiger partial charge in [0.1, 0.15) is 0 Å². The van der Waals surface area contributed by atoms with Crippen LogP contribution in [0.15, 0.2) is 65.1 Å². The summed E-state index contributed by atoms with van der Waals surface area (Å²) in [4.78, 5) is 24.6. The number of nitrogens with one attached hydrogen (secondary N) is 2. The van der Waals surface area contributed by atoms with Crippen molar-refractivity contribution < 1.29 is 22.7 Å². The SMILES string of the molecule is NS(=O)(=O)c1ccc(CNC(=O)COC(=O)c2ccccc2NCCC2=CCCCC2)cc1. The molecule has 0 spiro atoms. The van der Waals surface area contributed by atoms with Gasteiger partial charge in [0.25, 0.3) is 5.91 Å². The monoisotopic (exact) mass is 471 g/mol. The highest BCUT2D eigenvalue weighted by Crippen LogP contribution is 2.21. The van der Waals surface area contributed by atoms with E-state index in [0.717, 1.165) is 25.8 Å². The Morgan fingerprint density at radius 2 is 1.79 bits per heavy atom. The molecule has 0 aromatic heterocycles. The Morgan fingerprint density at radius 3 is 2.48 bits per heavy atom. The lowest BCUT2D eigenvalue weighted by Gasteiger charge is -2.15. The van der Waals surface area contributed by atoms with Crippen molar-refractivity contribution in [3.05, 3.63) is 71.3 Å². The summed E-state index contributed by atoms with van der Waals surface area (Å²) in [7, 11) is -3.76. The first-order chi connectivity index (χ1) is 15.8. The summed E-state index contributed by atoms with van der Waals surface area (Å²) in [6, 6.07) is 12.9.